The first kappa shape index (κ1) is 6.74. The zero-order chi connectivity index (χ0) is 5.98. The van der Waals surface area contributed by atoms with Gasteiger partial charge >= 0.3 is 0 Å². The first-order valence-electron chi connectivity index (χ1n) is 2.45. The average molecular weight is 152 g/mol. The van der Waals surface area contributed by atoms with E-state index < -0.39 is 11.5 Å². The zero-order valence-electron chi connectivity index (χ0n) is 4.28. The molecule has 4 heteroatoms. The van der Waals surface area contributed by atoms with E-state index in [1.165, 1.54) is 10.8 Å². The maximum Gasteiger partial charge on any atom is 0.135 e. The Balaban J connectivity index is 2.28. The van der Waals surface area contributed by atoms with Crippen LogP contribution in [0.1, 0.15) is 6.42 Å². The quantitative estimate of drug-likeness (QED) is 0.494. The third-order valence-corrected chi connectivity index (χ3v) is 3.54. The van der Waals surface area contributed by atoms with Crippen LogP contribution in [0.4, 0.5) is 0 Å². The third kappa shape index (κ3) is 1.55. The molecule has 48 valence electrons. The number of aliphatic hydroxyl groups excluding tert-OH is 2. The maximum absolute atomic E-state index is 8.89. The van der Waals surface area contributed by atoms with E-state index in [9.17, 15) is 0 Å². The van der Waals surface area contributed by atoms with Crippen LogP contribution in [-0.4, -0.2) is 27.5 Å². The van der Waals surface area contributed by atoms with E-state index in [0.717, 1.165) is 12.2 Å². The van der Waals surface area contributed by atoms with Gasteiger partial charge in [-0.15, -0.1) is 0 Å². The van der Waals surface area contributed by atoms with Gasteiger partial charge in [-0.3, -0.25) is 0 Å². The maximum atomic E-state index is 8.89. The standard InChI is InChI=1S/C4H8O2S2/c5-3-1-2-7-8-4(3)6/h3-6H,1-2H2/t3-,4-/m1/s1. The lowest BCUT2D eigenvalue weighted by atomic mass is 10.3. The Morgan fingerprint density at radius 2 is 2.12 bits per heavy atom. The van der Waals surface area contributed by atoms with Crippen molar-refractivity contribution in [1.82, 2.24) is 0 Å². The normalized spacial score (nSPS) is 39.8. The van der Waals surface area contributed by atoms with E-state index in [-0.39, 0.29) is 0 Å². The van der Waals surface area contributed by atoms with E-state index in [2.05, 4.69) is 0 Å². The van der Waals surface area contributed by atoms with Gasteiger partial charge in [-0.2, -0.15) is 0 Å². The molecule has 1 heterocycles. The predicted molar refractivity (Wildman–Crippen MR) is 36.7 cm³/mol. The van der Waals surface area contributed by atoms with Crippen LogP contribution in [0, 0.1) is 0 Å². The molecule has 1 saturated heterocycles. The van der Waals surface area contributed by atoms with Crippen LogP contribution in [0.15, 0.2) is 0 Å². The fourth-order valence-electron chi connectivity index (χ4n) is 0.493. The van der Waals surface area contributed by atoms with Crippen LogP contribution >= 0.6 is 21.6 Å². The first-order chi connectivity index (χ1) is 3.80. The van der Waals surface area contributed by atoms with Gasteiger partial charge in [0.25, 0.3) is 0 Å². The second-order valence-electron chi connectivity index (χ2n) is 1.66. The highest BCUT2D eigenvalue weighted by molar-refractivity contribution is 8.77. The molecule has 0 aromatic rings. The van der Waals surface area contributed by atoms with Gasteiger partial charge in [0.1, 0.15) is 5.44 Å². The van der Waals surface area contributed by atoms with Crippen molar-refractivity contribution in [3.05, 3.63) is 0 Å². The van der Waals surface area contributed by atoms with Crippen molar-refractivity contribution in [2.75, 3.05) is 5.75 Å². The van der Waals surface area contributed by atoms with Gasteiger partial charge in [0.05, 0.1) is 6.10 Å². The molecule has 1 aliphatic heterocycles. The molecule has 0 bridgehead atoms. The summed E-state index contributed by atoms with van der Waals surface area (Å²) in [7, 11) is 2.96. The van der Waals surface area contributed by atoms with Gasteiger partial charge in [0.15, 0.2) is 0 Å². The summed E-state index contributed by atoms with van der Waals surface area (Å²) in [5.74, 6) is 0.947. The minimum atomic E-state index is -0.561. The highest BCUT2D eigenvalue weighted by Gasteiger charge is 2.20. The molecular formula is C4H8O2S2. The fourth-order valence-corrected chi connectivity index (χ4v) is 2.71. The van der Waals surface area contributed by atoms with Crippen LogP contribution in [0.2, 0.25) is 0 Å². The number of aliphatic hydroxyl groups is 2. The van der Waals surface area contributed by atoms with Crippen molar-refractivity contribution in [3.8, 4) is 0 Å². The summed E-state index contributed by atoms with van der Waals surface area (Å²) in [5.41, 5.74) is -0.561. The van der Waals surface area contributed by atoms with Crippen molar-refractivity contribution in [2.45, 2.75) is 18.0 Å². The molecule has 2 nitrogen and oxygen atoms in total. The SMILES string of the molecule is O[C@@H]1CCSS[C@H]1O. The minimum absolute atomic E-state index is 0.499. The van der Waals surface area contributed by atoms with Crippen LogP contribution < -0.4 is 0 Å². The van der Waals surface area contributed by atoms with Crippen molar-refractivity contribution in [3.63, 3.8) is 0 Å². The highest BCUT2D eigenvalue weighted by atomic mass is 33.1. The van der Waals surface area contributed by atoms with Gasteiger partial charge in [0.2, 0.25) is 0 Å². The lowest BCUT2D eigenvalue weighted by Gasteiger charge is -2.20. The van der Waals surface area contributed by atoms with Crippen molar-refractivity contribution >= 4 is 21.6 Å². The van der Waals surface area contributed by atoms with E-state index in [0.29, 0.717) is 0 Å². The Morgan fingerprint density at radius 3 is 2.50 bits per heavy atom. The van der Waals surface area contributed by atoms with Crippen molar-refractivity contribution in [1.29, 1.82) is 0 Å². The van der Waals surface area contributed by atoms with E-state index in [1.54, 1.807) is 10.8 Å². The molecule has 0 saturated carbocycles. The summed E-state index contributed by atoms with van der Waals surface area (Å²) in [6.45, 7) is 0. The lowest BCUT2D eigenvalue weighted by molar-refractivity contribution is 0.0714. The highest BCUT2D eigenvalue weighted by Crippen LogP contribution is 2.33. The van der Waals surface area contributed by atoms with Crippen molar-refractivity contribution < 1.29 is 10.2 Å². The van der Waals surface area contributed by atoms with Crippen LogP contribution in [0.3, 0.4) is 0 Å². The van der Waals surface area contributed by atoms with Crippen molar-refractivity contribution in [2.24, 2.45) is 0 Å². The lowest BCUT2D eigenvalue weighted by Crippen LogP contribution is -2.25. The molecule has 8 heavy (non-hydrogen) atoms. The summed E-state index contributed by atoms with van der Waals surface area (Å²) < 4.78 is 0. The minimum Gasteiger partial charge on any atom is -0.389 e. The summed E-state index contributed by atoms with van der Waals surface area (Å²) in [6, 6.07) is 0. The Bertz CT molecular complexity index is 68.4. The van der Waals surface area contributed by atoms with E-state index in [4.69, 9.17) is 10.2 Å². The summed E-state index contributed by atoms with van der Waals surface area (Å²) in [4.78, 5) is 0. The van der Waals surface area contributed by atoms with E-state index in [1.807, 2.05) is 0 Å². The molecule has 0 aliphatic carbocycles. The van der Waals surface area contributed by atoms with Gasteiger partial charge in [-0.25, -0.2) is 0 Å². The first-order valence-corrected chi connectivity index (χ1v) is 4.83. The zero-order valence-corrected chi connectivity index (χ0v) is 5.91. The summed E-state index contributed by atoms with van der Waals surface area (Å²) in [5, 5.41) is 17.8. The van der Waals surface area contributed by atoms with Gasteiger partial charge in [-0.1, -0.05) is 21.6 Å². The molecule has 1 fully saturated rings. The average Bonchev–Trinajstić information content (AvgIpc) is 1.77. The molecule has 0 aromatic carbocycles. The second kappa shape index (κ2) is 2.96. The molecule has 1 aliphatic rings. The van der Waals surface area contributed by atoms with Gasteiger partial charge in [0, 0.05) is 5.75 Å². The smallest absolute Gasteiger partial charge is 0.135 e. The number of hydrogen-bond donors (Lipinski definition) is 2. The summed E-state index contributed by atoms with van der Waals surface area (Å²) in [6.07, 6.45) is 0.222. The van der Waals surface area contributed by atoms with Crippen LogP contribution in [-0.2, 0) is 0 Å². The Kier molecular flexibility index (Phi) is 2.49. The molecule has 0 radical (unpaired) electrons. The molecule has 2 N–H and O–H groups in total. The summed E-state index contributed by atoms with van der Waals surface area (Å²) >= 11 is 0. The second-order valence-corrected chi connectivity index (χ2v) is 4.27. The fraction of sp³-hybridized carbons (Fsp3) is 1.00. The number of rotatable bonds is 0. The number of hydrogen-bond acceptors (Lipinski definition) is 4. The van der Waals surface area contributed by atoms with Crippen LogP contribution in [0.25, 0.3) is 0 Å². The molecule has 0 spiro atoms. The van der Waals surface area contributed by atoms with Gasteiger partial charge in [-0.05, 0) is 6.42 Å². The Hall–Kier alpha value is 0.620. The van der Waals surface area contributed by atoms with Crippen LogP contribution in [0.5, 0.6) is 0 Å². The Morgan fingerprint density at radius 1 is 1.38 bits per heavy atom. The molecule has 1 rings (SSSR count). The molecule has 0 aromatic heterocycles. The predicted octanol–water partition coefficient (Wildman–Crippen LogP) is 0.451. The van der Waals surface area contributed by atoms with Gasteiger partial charge < -0.3 is 10.2 Å². The molecule has 0 amide bonds. The molecule has 2 atom stereocenters. The topological polar surface area (TPSA) is 40.5 Å². The monoisotopic (exact) mass is 152 g/mol. The molecular weight excluding hydrogens is 144 g/mol. The largest absolute Gasteiger partial charge is 0.389 e. The molecule has 0 unspecified atom stereocenters. The van der Waals surface area contributed by atoms with E-state index >= 15 is 0 Å². The third-order valence-electron chi connectivity index (χ3n) is 0.993. The Labute approximate surface area is 56.1 Å².